The highest BCUT2D eigenvalue weighted by molar-refractivity contribution is 5.44. The Labute approximate surface area is 114 Å². The first-order valence-corrected chi connectivity index (χ1v) is 6.51. The van der Waals surface area contributed by atoms with Crippen molar-refractivity contribution in [1.29, 1.82) is 0 Å². The standard InChI is InChI=1S/C12H22N6O/c1-8-6-18(7-9(2)19-8)12-15-10(13-3)14-11(16-12)17(4)5/h8-9H,6-7H2,1-5H3,(H,13,14,15,16). The summed E-state index contributed by atoms with van der Waals surface area (Å²) in [6.45, 7) is 5.72. The first-order valence-electron chi connectivity index (χ1n) is 6.51. The van der Waals surface area contributed by atoms with Gasteiger partial charge < -0.3 is 19.9 Å². The van der Waals surface area contributed by atoms with Crippen molar-refractivity contribution in [1.82, 2.24) is 15.0 Å². The van der Waals surface area contributed by atoms with E-state index >= 15 is 0 Å². The van der Waals surface area contributed by atoms with E-state index in [1.54, 1.807) is 0 Å². The van der Waals surface area contributed by atoms with Crippen LogP contribution in [0.4, 0.5) is 17.8 Å². The summed E-state index contributed by atoms with van der Waals surface area (Å²) in [5, 5.41) is 2.98. The Bertz CT molecular complexity index is 428. The van der Waals surface area contributed by atoms with Crippen LogP contribution in [-0.4, -0.2) is 61.4 Å². The predicted octanol–water partition coefficient (Wildman–Crippen LogP) is 0.593. The van der Waals surface area contributed by atoms with E-state index in [1.807, 2.05) is 26.0 Å². The fourth-order valence-corrected chi connectivity index (χ4v) is 2.15. The average molecular weight is 266 g/mol. The lowest BCUT2D eigenvalue weighted by Crippen LogP contribution is -2.46. The number of nitrogens with zero attached hydrogens (tertiary/aromatic N) is 5. The van der Waals surface area contributed by atoms with Gasteiger partial charge in [0.05, 0.1) is 12.2 Å². The van der Waals surface area contributed by atoms with Gasteiger partial charge >= 0.3 is 0 Å². The molecule has 0 spiro atoms. The van der Waals surface area contributed by atoms with Crippen molar-refractivity contribution in [3.05, 3.63) is 0 Å². The summed E-state index contributed by atoms with van der Waals surface area (Å²) in [6.07, 6.45) is 0.364. The highest BCUT2D eigenvalue weighted by Gasteiger charge is 2.25. The van der Waals surface area contributed by atoms with Gasteiger partial charge in [-0.25, -0.2) is 0 Å². The van der Waals surface area contributed by atoms with Crippen LogP contribution in [0.25, 0.3) is 0 Å². The molecular weight excluding hydrogens is 244 g/mol. The van der Waals surface area contributed by atoms with Gasteiger partial charge in [0, 0.05) is 34.2 Å². The summed E-state index contributed by atoms with van der Waals surface area (Å²) in [7, 11) is 5.65. The molecular formula is C12H22N6O. The number of ether oxygens (including phenoxy) is 1. The van der Waals surface area contributed by atoms with E-state index in [9.17, 15) is 0 Å². The van der Waals surface area contributed by atoms with Crippen molar-refractivity contribution in [3.8, 4) is 0 Å². The van der Waals surface area contributed by atoms with Crippen LogP contribution in [0.15, 0.2) is 0 Å². The molecule has 0 aromatic carbocycles. The second kappa shape index (κ2) is 5.56. The van der Waals surface area contributed by atoms with Gasteiger partial charge in [0.1, 0.15) is 0 Å². The van der Waals surface area contributed by atoms with E-state index in [0.717, 1.165) is 13.1 Å². The summed E-state index contributed by atoms with van der Waals surface area (Å²) in [6, 6.07) is 0. The lowest BCUT2D eigenvalue weighted by Gasteiger charge is -2.35. The van der Waals surface area contributed by atoms with Gasteiger partial charge in [-0.2, -0.15) is 15.0 Å². The lowest BCUT2D eigenvalue weighted by molar-refractivity contribution is -0.00571. The average Bonchev–Trinajstić information content (AvgIpc) is 2.37. The van der Waals surface area contributed by atoms with Crippen LogP contribution in [0.5, 0.6) is 0 Å². The number of anilines is 3. The highest BCUT2D eigenvalue weighted by atomic mass is 16.5. The third-order valence-electron chi connectivity index (χ3n) is 2.94. The maximum atomic E-state index is 5.73. The maximum absolute atomic E-state index is 5.73. The minimum absolute atomic E-state index is 0.182. The lowest BCUT2D eigenvalue weighted by atomic mass is 10.2. The summed E-state index contributed by atoms with van der Waals surface area (Å²) in [5.41, 5.74) is 0. The Morgan fingerprint density at radius 1 is 1.16 bits per heavy atom. The zero-order valence-electron chi connectivity index (χ0n) is 12.2. The number of rotatable bonds is 3. The Morgan fingerprint density at radius 2 is 1.79 bits per heavy atom. The molecule has 1 saturated heterocycles. The fourth-order valence-electron chi connectivity index (χ4n) is 2.15. The van der Waals surface area contributed by atoms with Crippen molar-refractivity contribution >= 4 is 17.8 Å². The molecule has 1 aromatic rings. The molecule has 1 N–H and O–H groups in total. The molecule has 2 unspecified atom stereocenters. The Hall–Kier alpha value is -1.63. The van der Waals surface area contributed by atoms with Crippen LogP contribution in [0.1, 0.15) is 13.8 Å². The molecule has 7 nitrogen and oxygen atoms in total. The number of nitrogens with one attached hydrogen (secondary N) is 1. The molecule has 0 bridgehead atoms. The van der Waals surface area contributed by atoms with Gasteiger partial charge in [0.2, 0.25) is 17.8 Å². The molecule has 2 rings (SSSR count). The van der Waals surface area contributed by atoms with Crippen LogP contribution in [0.3, 0.4) is 0 Å². The van der Waals surface area contributed by atoms with E-state index in [0.29, 0.717) is 17.8 Å². The summed E-state index contributed by atoms with van der Waals surface area (Å²) in [4.78, 5) is 17.3. The molecule has 7 heteroatoms. The molecule has 19 heavy (non-hydrogen) atoms. The predicted molar refractivity (Wildman–Crippen MR) is 75.9 cm³/mol. The second-order valence-corrected chi connectivity index (χ2v) is 5.07. The van der Waals surface area contributed by atoms with Gasteiger partial charge in [-0.05, 0) is 13.8 Å². The monoisotopic (exact) mass is 266 g/mol. The first-order chi connectivity index (χ1) is 8.99. The van der Waals surface area contributed by atoms with Crippen LogP contribution < -0.4 is 15.1 Å². The van der Waals surface area contributed by atoms with Crippen LogP contribution >= 0.6 is 0 Å². The van der Waals surface area contributed by atoms with Crippen LogP contribution in [0, 0.1) is 0 Å². The van der Waals surface area contributed by atoms with E-state index in [-0.39, 0.29) is 12.2 Å². The van der Waals surface area contributed by atoms with Gasteiger partial charge in [0.15, 0.2) is 0 Å². The third kappa shape index (κ3) is 3.23. The van der Waals surface area contributed by atoms with Crippen LogP contribution in [0.2, 0.25) is 0 Å². The number of aromatic nitrogens is 3. The van der Waals surface area contributed by atoms with Crippen molar-refractivity contribution in [2.75, 3.05) is 49.3 Å². The van der Waals surface area contributed by atoms with Gasteiger partial charge in [-0.15, -0.1) is 0 Å². The first kappa shape index (κ1) is 13.8. The Morgan fingerprint density at radius 3 is 2.32 bits per heavy atom. The molecule has 0 amide bonds. The normalized spacial score (nSPS) is 23.3. The van der Waals surface area contributed by atoms with Crippen molar-refractivity contribution in [3.63, 3.8) is 0 Å². The largest absolute Gasteiger partial charge is 0.372 e. The maximum Gasteiger partial charge on any atom is 0.232 e. The number of hydrogen-bond donors (Lipinski definition) is 1. The smallest absolute Gasteiger partial charge is 0.232 e. The van der Waals surface area contributed by atoms with E-state index < -0.39 is 0 Å². The second-order valence-electron chi connectivity index (χ2n) is 5.07. The highest BCUT2D eigenvalue weighted by Crippen LogP contribution is 2.19. The van der Waals surface area contributed by atoms with Crippen molar-refractivity contribution in [2.24, 2.45) is 0 Å². The topological polar surface area (TPSA) is 66.4 Å². The molecule has 1 aliphatic rings. The Balaban J connectivity index is 2.30. The minimum atomic E-state index is 0.182. The molecule has 1 aliphatic heterocycles. The van der Waals surface area contributed by atoms with Gasteiger partial charge in [0.25, 0.3) is 0 Å². The van der Waals surface area contributed by atoms with Gasteiger partial charge in [-0.3, -0.25) is 0 Å². The SMILES string of the molecule is CNc1nc(N(C)C)nc(N2CC(C)OC(C)C2)n1. The zero-order chi connectivity index (χ0) is 14.0. The summed E-state index contributed by atoms with van der Waals surface area (Å²) in [5.74, 6) is 1.94. The molecule has 2 atom stereocenters. The molecule has 1 aromatic heterocycles. The van der Waals surface area contributed by atoms with E-state index in [1.165, 1.54) is 0 Å². The molecule has 106 valence electrons. The minimum Gasteiger partial charge on any atom is -0.372 e. The molecule has 1 fully saturated rings. The molecule has 0 aliphatic carbocycles. The van der Waals surface area contributed by atoms with E-state index in [4.69, 9.17) is 4.74 Å². The van der Waals surface area contributed by atoms with Gasteiger partial charge in [-0.1, -0.05) is 0 Å². The summed E-state index contributed by atoms with van der Waals surface area (Å²) >= 11 is 0. The number of hydrogen-bond acceptors (Lipinski definition) is 7. The van der Waals surface area contributed by atoms with E-state index in [2.05, 4.69) is 39.0 Å². The fraction of sp³-hybridized carbons (Fsp3) is 0.750. The number of morpholine rings is 1. The Kier molecular flexibility index (Phi) is 4.04. The summed E-state index contributed by atoms with van der Waals surface area (Å²) < 4.78 is 5.73. The van der Waals surface area contributed by atoms with Crippen molar-refractivity contribution in [2.45, 2.75) is 26.1 Å². The molecule has 0 radical (unpaired) electrons. The molecule has 0 saturated carbocycles. The quantitative estimate of drug-likeness (QED) is 0.859. The molecule has 2 heterocycles. The van der Waals surface area contributed by atoms with Crippen LogP contribution in [-0.2, 0) is 4.74 Å². The van der Waals surface area contributed by atoms with Crippen molar-refractivity contribution < 1.29 is 4.74 Å². The third-order valence-corrected chi connectivity index (χ3v) is 2.94. The zero-order valence-corrected chi connectivity index (χ0v) is 12.2.